The van der Waals surface area contributed by atoms with Crippen molar-refractivity contribution in [1.29, 1.82) is 0 Å². The molecule has 1 aromatic heterocycles. The van der Waals surface area contributed by atoms with Gasteiger partial charge in [0.15, 0.2) is 5.82 Å². The van der Waals surface area contributed by atoms with E-state index in [9.17, 15) is 8.42 Å². The Hall–Kier alpha value is -2.27. The zero-order chi connectivity index (χ0) is 22.6. The lowest BCUT2D eigenvalue weighted by molar-refractivity contribution is 0.284. The summed E-state index contributed by atoms with van der Waals surface area (Å²) < 4.78 is 28.6. The van der Waals surface area contributed by atoms with Crippen molar-refractivity contribution in [1.82, 2.24) is 14.7 Å². The molecule has 170 valence electrons. The molecule has 4 rings (SSSR count). The van der Waals surface area contributed by atoms with Gasteiger partial charge in [-0.05, 0) is 73.9 Å². The fourth-order valence-electron chi connectivity index (χ4n) is 4.07. The summed E-state index contributed by atoms with van der Waals surface area (Å²) in [5, 5.41) is 4.23. The van der Waals surface area contributed by atoms with Crippen LogP contribution >= 0.6 is 15.9 Å². The summed E-state index contributed by atoms with van der Waals surface area (Å²) in [6.07, 6.45) is 4.05. The molecule has 0 radical (unpaired) electrons. The topological polar surface area (TPSA) is 122 Å². The minimum absolute atomic E-state index is 0.292. The normalized spacial score (nSPS) is 19.1. The van der Waals surface area contributed by atoms with Crippen LogP contribution in [0.2, 0.25) is 0 Å². The van der Waals surface area contributed by atoms with E-state index in [0.717, 1.165) is 47.6 Å². The molecule has 1 aliphatic rings. The lowest BCUT2D eigenvalue weighted by Crippen LogP contribution is -2.32. The molecule has 5 N–H and O–H groups in total. The van der Waals surface area contributed by atoms with Crippen LogP contribution in [0.4, 0.5) is 11.8 Å². The molecule has 1 heterocycles. The number of hydrogen-bond donors (Lipinski definition) is 4. The number of rotatable bonds is 8. The summed E-state index contributed by atoms with van der Waals surface area (Å²) in [5.41, 5.74) is 3.48. The predicted octanol–water partition coefficient (Wildman–Crippen LogP) is 3.87. The van der Waals surface area contributed by atoms with Crippen LogP contribution in [0, 0.1) is 11.8 Å². The first kappa shape index (κ1) is 22.9. The van der Waals surface area contributed by atoms with E-state index in [1.807, 2.05) is 24.3 Å². The van der Waals surface area contributed by atoms with E-state index in [0.29, 0.717) is 35.0 Å². The minimum Gasteiger partial charge on any atom is -0.354 e. The Kier molecular flexibility index (Phi) is 7.24. The molecule has 1 saturated carbocycles. The van der Waals surface area contributed by atoms with Gasteiger partial charge in [0.2, 0.25) is 16.0 Å². The van der Waals surface area contributed by atoms with Gasteiger partial charge in [0.05, 0.1) is 10.4 Å². The highest BCUT2D eigenvalue weighted by Gasteiger charge is 2.23. The SMILES string of the molecule is NNc1nc(NC[C@H]2CC[C@H](CNS(=O)(=O)c3ccc(Br)cc3)CC2)nc2ccccc12. The Morgan fingerprint density at radius 3 is 2.28 bits per heavy atom. The molecule has 0 amide bonds. The average Bonchev–Trinajstić information content (AvgIpc) is 2.82. The number of aromatic nitrogens is 2. The van der Waals surface area contributed by atoms with Gasteiger partial charge in [0.25, 0.3) is 0 Å². The maximum absolute atomic E-state index is 12.5. The van der Waals surface area contributed by atoms with Gasteiger partial charge in [-0.1, -0.05) is 28.1 Å². The van der Waals surface area contributed by atoms with Crippen LogP contribution in [0.15, 0.2) is 57.9 Å². The highest BCUT2D eigenvalue weighted by Crippen LogP contribution is 2.29. The molecule has 0 bridgehead atoms. The number of hydrazine groups is 1. The highest BCUT2D eigenvalue weighted by atomic mass is 79.9. The summed E-state index contributed by atoms with van der Waals surface area (Å²) in [6.45, 7) is 1.25. The third-order valence-corrected chi connectivity index (χ3v) is 7.91. The van der Waals surface area contributed by atoms with Crippen molar-refractivity contribution in [3.8, 4) is 0 Å². The van der Waals surface area contributed by atoms with E-state index in [4.69, 9.17) is 5.84 Å². The van der Waals surface area contributed by atoms with Gasteiger partial charge in [-0.2, -0.15) is 4.98 Å². The third-order valence-electron chi connectivity index (χ3n) is 5.94. The Balaban J connectivity index is 1.26. The van der Waals surface area contributed by atoms with Crippen molar-refractivity contribution in [3.63, 3.8) is 0 Å². The molecular weight excluding hydrogens is 492 g/mol. The fourth-order valence-corrected chi connectivity index (χ4v) is 5.45. The number of nitrogens with zero attached hydrogens (tertiary/aromatic N) is 2. The third kappa shape index (κ3) is 5.55. The van der Waals surface area contributed by atoms with Gasteiger partial charge >= 0.3 is 0 Å². The standard InChI is InChI=1S/C22H27BrN6O2S/c23-17-9-11-18(12-10-17)32(30,31)26-14-16-7-5-15(6-8-16)13-25-22-27-20-4-2-1-3-19(20)21(28-22)29-24/h1-4,9-12,15-16,26H,5-8,13-14,24H2,(H2,25,27,28,29)/t15-,16-. The van der Waals surface area contributed by atoms with E-state index in [2.05, 4.69) is 41.4 Å². The molecule has 32 heavy (non-hydrogen) atoms. The Morgan fingerprint density at radius 1 is 0.938 bits per heavy atom. The molecular formula is C22H27BrN6O2S. The molecule has 3 aromatic rings. The number of benzene rings is 2. The van der Waals surface area contributed by atoms with Gasteiger partial charge in [0.1, 0.15) is 0 Å². The molecule has 2 aromatic carbocycles. The fraction of sp³-hybridized carbons (Fsp3) is 0.364. The van der Waals surface area contributed by atoms with Crippen LogP contribution in [0.3, 0.4) is 0 Å². The molecule has 0 spiro atoms. The Morgan fingerprint density at radius 2 is 1.59 bits per heavy atom. The quantitative estimate of drug-likeness (QED) is 0.263. The first-order valence-corrected chi connectivity index (χ1v) is 12.9. The second-order valence-electron chi connectivity index (χ2n) is 8.13. The van der Waals surface area contributed by atoms with E-state index >= 15 is 0 Å². The monoisotopic (exact) mass is 518 g/mol. The summed E-state index contributed by atoms with van der Waals surface area (Å²) in [6, 6.07) is 14.4. The molecule has 0 unspecified atom stereocenters. The van der Waals surface area contributed by atoms with E-state index in [-0.39, 0.29) is 0 Å². The van der Waals surface area contributed by atoms with E-state index < -0.39 is 10.0 Å². The van der Waals surface area contributed by atoms with Crippen molar-refractivity contribution < 1.29 is 8.42 Å². The van der Waals surface area contributed by atoms with Gasteiger partial charge < -0.3 is 10.7 Å². The number of fused-ring (bicyclic) bond motifs is 1. The summed E-state index contributed by atoms with van der Waals surface area (Å²) in [4.78, 5) is 9.34. The van der Waals surface area contributed by atoms with Crippen LogP contribution in [-0.4, -0.2) is 31.5 Å². The van der Waals surface area contributed by atoms with Crippen LogP contribution in [0.25, 0.3) is 10.9 Å². The first-order chi connectivity index (χ1) is 15.4. The van der Waals surface area contributed by atoms with Crippen LogP contribution in [0.1, 0.15) is 25.7 Å². The number of para-hydroxylation sites is 1. The molecule has 0 aliphatic heterocycles. The number of hydrogen-bond acceptors (Lipinski definition) is 7. The summed E-state index contributed by atoms with van der Waals surface area (Å²) in [7, 11) is -3.48. The van der Waals surface area contributed by atoms with E-state index in [1.54, 1.807) is 24.3 Å². The lowest BCUT2D eigenvalue weighted by atomic mass is 9.82. The summed E-state index contributed by atoms with van der Waals surface area (Å²) >= 11 is 3.33. The molecule has 10 heteroatoms. The number of nitrogens with two attached hydrogens (primary N) is 1. The zero-order valence-corrected chi connectivity index (χ0v) is 20.0. The molecule has 0 saturated heterocycles. The van der Waals surface area contributed by atoms with E-state index in [1.165, 1.54) is 0 Å². The average molecular weight is 519 g/mol. The van der Waals surface area contributed by atoms with Crippen molar-refractivity contribution in [2.45, 2.75) is 30.6 Å². The Labute approximate surface area is 196 Å². The number of nitrogen functional groups attached to an aromatic ring is 1. The second kappa shape index (κ2) is 10.1. The van der Waals surface area contributed by atoms with Crippen molar-refractivity contribution in [2.24, 2.45) is 17.7 Å². The second-order valence-corrected chi connectivity index (χ2v) is 10.8. The van der Waals surface area contributed by atoms with Gasteiger partial charge in [-0.15, -0.1) is 0 Å². The van der Waals surface area contributed by atoms with Gasteiger partial charge in [0, 0.05) is 22.9 Å². The van der Waals surface area contributed by atoms with Crippen molar-refractivity contribution in [3.05, 3.63) is 53.0 Å². The minimum atomic E-state index is -3.48. The zero-order valence-electron chi connectivity index (χ0n) is 17.6. The highest BCUT2D eigenvalue weighted by molar-refractivity contribution is 9.10. The van der Waals surface area contributed by atoms with Crippen LogP contribution < -0.4 is 21.3 Å². The predicted molar refractivity (Wildman–Crippen MR) is 131 cm³/mol. The smallest absolute Gasteiger partial charge is 0.240 e. The van der Waals surface area contributed by atoms with Gasteiger partial charge in [-0.25, -0.2) is 24.0 Å². The lowest BCUT2D eigenvalue weighted by Gasteiger charge is -2.28. The number of sulfonamides is 1. The van der Waals surface area contributed by atoms with Crippen molar-refractivity contribution >= 4 is 48.6 Å². The van der Waals surface area contributed by atoms with Gasteiger partial charge in [-0.3, -0.25) is 0 Å². The van der Waals surface area contributed by atoms with Crippen LogP contribution in [0.5, 0.6) is 0 Å². The number of nitrogens with one attached hydrogen (secondary N) is 3. The molecule has 0 atom stereocenters. The molecule has 1 fully saturated rings. The maximum atomic E-state index is 12.5. The largest absolute Gasteiger partial charge is 0.354 e. The van der Waals surface area contributed by atoms with Crippen LogP contribution in [-0.2, 0) is 10.0 Å². The Bertz CT molecular complexity index is 1160. The maximum Gasteiger partial charge on any atom is 0.240 e. The number of halogens is 1. The molecule has 1 aliphatic carbocycles. The summed E-state index contributed by atoms with van der Waals surface area (Å²) in [5.74, 6) is 7.62. The number of anilines is 2. The first-order valence-electron chi connectivity index (χ1n) is 10.7. The molecule has 8 nitrogen and oxygen atoms in total. The van der Waals surface area contributed by atoms with Crippen molar-refractivity contribution in [2.75, 3.05) is 23.8 Å².